The number of carbonyl (C=O) groups is 3. The number of aromatic amines is 1. The van der Waals surface area contributed by atoms with Gasteiger partial charge in [-0.15, -0.1) is 0 Å². The number of amides is 3. The summed E-state index contributed by atoms with van der Waals surface area (Å²) < 4.78 is 39.9. The number of β-amino-alcohol motifs (C(OH)–C–C–N with tert-alkyl or cyclic N) is 1. The van der Waals surface area contributed by atoms with E-state index in [0.717, 1.165) is 12.1 Å². The van der Waals surface area contributed by atoms with Crippen LogP contribution in [0.15, 0.2) is 35.3 Å². The number of halogens is 3. The van der Waals surface area contributed by atoms with Gasteiger partial charge >= 0.3 is 12.2 Å². The molecule has 3 amide bonds. The number of anilines is 2. The number of hydrogen-bond acceptors (Lipinski definition) is 9. The Morgan fingerprint density at radius 3 is 2.69 bits per heavy atom. The van der Waals surface area contributed by atoms with E-state index in [1.54, 1.807) is 23.1 Å². The summed E-state index contributed by atoms with van der Waals surface area (Å²) in [6.45, 7) is 4.36. The summed E-state index contributed by atoms with van der Waals surface area (Å²) >= 11 is 5.90. The average Bonchev–Trinajstić information content (AvgIpc) is 3.47. The van der Waals surface area contributed by atoms with Gasteiger partial charge < -0.3 is 29.8 Å². The predicted octanol–water partition coefficient (Wildman–Crippen LogP) is 5.57. The van der Waals surface area contributed by atoms with Gasteiger partial charge in [-0.2, -0.15) is 0 Å². The first kappa shape index (κ1) is 34.1. The molecule has 2 bridgehead atoms. The molecule has 0 aliphatic carbocycles. The highest BCUT2D eigenvalue weighted by Crippen LogP contribution is 2.40. The summed E-state index contributed by atoms with van der Waals surface area (Å²) in [6, 6.07) is 5.93. The van der Waals surface area contributed by atoms with Crippen LogP contribution in [0.5, 0.6) is 0 Å². The zero-order chi connectivity index (χ0) is 34.8. The van der Waals surface area contributed by atoms with Crippen molar-refractivity contribution in [3.05, 3.63) is 64.1 Å². The van der Waals surface area contributed by atoms with Crippen LogP contribution in [0.1, 0.15) is 61.3 Å². The van der Waals surface area contributed by atoms with Gasteiger partial charge in [-0.25, -0.2) is 23.4 Å². The third kappa shape index (κ3) is 7.04. The fraction of sp³-hybridized carbons (Fsp3) is 0.424. The van der Waals surface area contributed by atoms with Crippen molar-refractivity contribution >= 4 is 47.8 Å². The number of H-pyrrole nitrogens is 1. The Kier molecular flexibility index (Phi) is 10.0. The van der Waals surface area contributed by atoms with E-state index >= 15 is 0 Å². The lowest BCUT2D eigenvalue weighted by Crippen LogP contribution is -2.57. The highest BCUT2D eigenvalue weighted by molar-refractivity contribution is 6.30. The molecule has 3 aromatic rings. The molecule has 16 heteroatoms. The van der Waals surface area contributed by atoms with E-state index in [4.69, 9.17) is 26.1 Å². The minimum absolute atomic E-state index is 0.103. The molecule has 0 spiro atoms. The molecule has 13 nitrogen and oxygen atoms in total. The van der Waals surface area contributed by atoms with Gasteiger partial charge in [-0.05, 0) is 49.9 Å². The van der Waals surface area contributed by atoms with Gasteiger partial charge in [0.2, 0.25) is 5.91 Å². The van der Waals surface area contributed by atoms with Gasteiger partial charge in [-0.3, -0.25) is 20.0 Å². The fourth-order valence-corrected chi connectivity index (χ4v) is 6.67. The molecule has 2 aromatic carbocycles. The second-order valence-electron chi connectivity index (χ2n) is 12.2. The molecule has 6 rings (SSSR count). The second-order valence-corrected chi connectivity index (χ2v) is 12.6. The maximum Gasteiger partial charge on any atom is 0.411 e. The van der Waals surface area contributed by atoms with Crippen LogP contribution in [0, 0.1) is 11.6 Å². The number of aliphatic imine (C=N–C) groups is 1. The Bertz CT molecular complexity index is 1770. The quantitative estimate of drug-likeness (QED) is 0.192. The summed E-state index contributed by atoms with van der Waals surface area (Å²) in [4.78, 5) is 54.6. The fourth-order valence-electron chi connectivity index (χ4n) is 6.50. The number of carbonyl (C=O) groups excluding carboxylic acids is 3. The number of nitrogens with zero attached hydrogens (tertiary/aromatic N) is 4. The van der Waals surface area contributed by atoms with Crippen LogP contribution in [0.2, 0.25) is 5.02 Å². The lowest BCUT2D eigenvalue weighted by molar-refractivity contribution is -0.142. The lowest BCUT2D eigenvalue weighted by atomic mass is 9.98. The van der Waals surface area contributed by atoms with Crippen LogP contribution >= 0.6 is 11.6 Å². The van der Waals surface area contributed by atoms with Crippen molar-refractivity contribution in [3.8, 4) is 11.3 Å². The first-order chi connectivity index (χ1) is 23.6. The number of fused-ring (bicyclic) bond motifs is 4. The number of aliphatic hydroxyl groups excluding tert-OH is 1. The van der Waals surface area contributed by atoms with E-state index in [2.05, 4.69) is 27.3 Å². The summed E-state index contributed by atoms with van der Waals surface area (Å²) in [5.41, 5.74) is 2.17. The van der Waals surface area contributed by atoms with Crippen LogP contribution in [-0.4, -0.2) is 88.6 Å². The van der Waals surface area contributed by atoms with E-state index in [-0.39, 0.29) is 43.5 Å². The van der Waals surface area contributed by atoms with Crippen molar-refractivity contribution in [2.75, 3.05) is 37.4 Å². The number of ether oxygens (including phenoxy) is 2. The Morgan fingerprint density at radius 2 is 1.98 bits per heavy atom. The molecule has 2 saturated heterocycles. The Hall–Kier alpha value is -4.76. The number of likely N-dealkylation sites (tertiary alicyclic amines) is 1. The van der Waals surface area contributed by atoms with Crippen LogP contribution in [0.3, 0.4) is 0 Å². The number of aliphatic hydroxyl groups is 1. The molecule has 0 radical (unpaired) electrons. The maximum atomic E-state index is 14.8. The topological polar surface area (TPSA) is 161 Å². The number of cyclic esters (lactones) is 1. The molecule has 3 aliphatic heterocycles. The molecule has 1 unspecified atom stereocenters. The molecular weight excluding hydrogens is 664 g/mol. The molecule has 0 saturated carbocycles. The number of hydrogen-bond donors (Lipinski definition) is 4. The van der Waals surface area contributed by atoms with Gasteiger partial charge in [0.15, 0.2) is 5.82 Å². The van der Waals surface area contributed by atoms with Gasteiger partial charge in [0.25, 0.3) is 0 Å². The number of benzene rings is 2. The third-order valence-electron chi connectivity index (χ3n) is 9.00. The minimum atomic E-state index is -1.17. The van der Waals surface area contributed by atoms with Gasteiger partial charge in [0, 0.05) is 43.0 Å². The molecule has 1 aromatic heterocycles. The summed E-state index contributed by atoms with van der Waals surface area (Å²) in [5.74, 6) is -1.55. The van der Waals surface area contributed by atoms with E-state index in [9.17, 15) is 28.3 Å². The van der Waals surface area contributed by atoms with Crippen molar-refractivity contribution in [1.29, 1.82) is 0 Å². The van der Waals surface area contributed by atoms with E-state index in [1.807, 2.05) is 0 Å². The van der Waals surface area contributed by atoms with Crippen molar-refractivity contribution in [1.82, 2.24) is 19.8 Å². The number of nitrogens with one attached hydrogen (secondary N) is 3. The number of aromatic nitrogens is 2. The zero-order valence-electron chi connectivity index (χ0n) is 26.7. The molecular formula is C33H36ClF2N7O6. The Labute approximate surface area is 285 Å². The largest absolute Gasteiger partial charge is 0.453 e. The summed E-state index contributed by atoms with van der Waals surface area (Å²) in [7, 11) is 1.25. The van der Waals surface area contributed by atoms with Crippen LogP contribution in [0.4, 0.5) is 29.7 Å². The van der Waals surface area contributed by atoms with E-state index < -0.39 is 53.7 Å². The highest BCUT2D eigenvalue weighted by Gasteiger charge is 2.39. The predicted molar refractivity (Wildman–Crippen MR) is 176 cm³/mol. The van der Waals surface area contributed by atoms with Crippen molar-refractivity contribution < 1.29 is 37.7 Å². The van der Waals surface area contributed by atoms with Crippen LogP contribution in [-0.2, 0) is 20.8 Å². The zero-order valence-corrected chi connectivity index (χ0v) is 27.4. The van der Waals surface area contributed by atoms with Gasteiger partial charge in [0.1, 0.15) is 23.8 Å². The number of methoxy groups -OCH3 is 1. The molecule has 3 aliphatic rings. The van der Waals surface area contributed by atoms with Gasteiger partial charge in [0.05, 0.1) is 47.8 Å². The van der Waals surface area contributed by atoms with Crippen LogP contribution < -0.4 is 10.6 Å². The molecule has 260 valence electrons. The van der Waals surface area contributed by atoms with Crippen molar-refractivity contribution in [2.24, 2.45) is 4.99 Å². The van der Waals surface area contributed by atoms with E-state index in [0.29, 0.717) is 59.8 Å². The molecule has 4 N–H and O–H groups in total. The van der Waals surface area contributed by atoms with E-state index in [1.165, 1.54) is 12.0 Å². The lowest BCUT2D eigenvalue weighted by Gasteiger charge is -2.39. The second kappa shape index (κ2) is 14.4. The molecule has 2 fully saturated rings. The first-order valence-electron chi connectivity index (χ1n) is 15.9. The monoisotopic (exact) mass is 699 g/mol. The maximum absolute atomic E-state index is 14.8. The summed E-state index contributed by atoms with van der Waals surface area (Å²) in [5, 5.41) is 15.6. The van der Waals surface area contributed by atoms with Crippen LogP contribution in [0.25, 0.3) is 11.3 Å². The molecule has 49 heavy (non-hydrogen) atoms. The SMILES string of the molecule is C=NCc1[nH]c2nc1-c1ccc(NC(=O)OC)cc1N[C@@H](C(=O)N1CC(O)C1)CCCC[C@@H]2N1CCC(c2c(F)ccc(Cl)c2F)OC1=O. The first-order valence-corrected chi connectivity index (χ1v) is 16.3. The minimum Gasteiger partial charge on any atom is -0.453 e. The smallest absolute Gasteiger partial charge is 0.411 e. The molecule has 3 atom stereocenters. The standard InChI is InChI=1S/C33H36ClF2N7O6/c1-37-14-24-29-19-8-7-17(38-32(46)48-2)13-23(19)39-22(31(45)42-15-18(44)16-42)5-3-4-6-25(30(40-24)41-29)43-12-11-26(49-33(43)47)27-21(35)10-9-20(34)28(27)36/h7-10,13,18,22,25-26,39,44H,1,3-6,11-12,14-16H2,2H3,(H,38,46)(H,40,41)/t22-,25+,26?/m1/s1. The van der Waals surface area contributed by atoms with Crippen molar-refractivity contribution in [3.63, 3.8) is 0 Å². The van der Waals surface area contributed by atoms with Crippen molar-refractivity contribution in [2.45, 2.75) is 62.9 Å². The third-order valence-corrected chi connectivity index (χ3v) is 9.29. The number of imidazole rings is 1. The summed E-state index contributed by atoms with van der Waals surface area (Å²) in [6.07, 6.45) is -1.07. The highest BCUT2D eigenvalue weighted by atomic mass is 35.5. The Balaban J connectivity index is 1.37. The van der Waals surface area contributed by atoms with Gasteiger partial charge in [-0.1, -0.05) is 24.4 Å². The normalized spacial score (nSPS) is 21.2. The molecule has 4 heterocycles. The average molecular weight is 700 g/mol. The number of rotatable bonds is 6. The Morgan fingerprint density at radius 1 is 1.20 bits per heavy atom.